The summed E-state index contributed by atoms with van der Waals surface area (Å²) in [5.74, 6) is -0.348. The van der Waals surface area contributed by atoms with E-state index in [1.165, 1.54) is 0 Å². The second kappa shape index (κ2) is 4.00. The van der Waals surface area contributed by atoms with E-state index in [-0.39, 0.29) is 11.9 Å². The number of nitrogens with two attached hydrogens (primary N) is 1. The van der Waals surface area contributed by atoms with Crippen molar-refractivity contribution < 1.29 is 13.6 Å². The third kappa shape index (κ3) is 2.37. The zero-order chi connectivity index (χ0) is 10.0. The predicted molar refractivity (Wildman–Crippen MR) is 44.4 cm³/mol. The number of carbonyl (C=O) groups excluding carboxylic acids is 1. The van der Waals surface area contributed by atoms with E-state index in [2.05, 4.69) is 0 Å². The molecule has 1 fully saturated rings. The second-order valence-corrected chi connectivity index (χ2v) is 3.40. The molecule has 76 valence electrons. The Hall–Kier alpha value is -0.710. The van der Waals surface area contributed by atoms with Crippen molar-refractivity contribution in [1.29, 1.82) is 0 Å². The Bertz CT molecular complexity index is 199. The average molecular weight is 192 g/mol. The van der Waals surface area contributed by atoms with Crippen LogP contribution in [0.4, 0.5) is 8.78 Å². The van der Waals surface area contributed by atoms with Gasteiger partial charge in [-0.2, -0.15) is 0 Å². The fourth-order valence-corrected chi connectivity index (χ4v) is 1.35. The third-order valence-corrected chi connectivity index (χ3v) is 2.35. The first-order valence-corrected chi connectivity index (χ1v) is 4.36. The summed E-state index contributed by atoms with van der Waals surface area (Å²) in [7, 11) is 0. The minimum Gasteiger partial charge on any atom is -0.338 e. The van der Waals surface area contributed by atoms with Gasteiger partial charge in [0.2, 0.25) is 12.3 Å². The van der Waals surface area contributed by atoms with Gasteiger partial charge in [0.05, 0.1) is 6.04 Å². The molecule has 0 aromatic heterocycles. The van der Waals surface area contributed by atoms with E-state index in [1.807, 2.05) is 6.92 Å². The Morgan fingerprint density at radius 2 is 2.31 bits per heavy atom. The number of alkyl halides is 2. The topological polar surface area (TPSA) is 46.3 Å². The predicted octanol–water partition coefficient (Wildman–Crippen LogP) is 0.590. The Balaban J connectivity index is 2.38. The molecule has 1 aliphatic rings. The molecule has 2 N–H and O–H groups in total. The van der Waals surface area contributed by atoms with Crippen LogP contribution in [0.5, 0.6) is 0 Å². The van der Waals surface area contributed by atoms with Crippen LogP contribution in [-0.4, -0.2) is 35.9 Å². The number of hydrogen-bond acceptors (Lipinski definition) is 2. The highest BCUT2D eigenvalue weighted by Gasteiger charge is 2.32. The molecule has 1 saturated heterocycles. The smallest absolute Gasteiger partial charge is 0.240 e. The second-order valence-electron chi connectivity index (χ2n) is 3.40. The lowest BCUT2D eigenvalue weighted by molar-refractivity contribution is -0.140. The number of carbonyl (C=O) groups is 1. The van der Waals surface area contributed by atoms with Gasteiger partial charge < -0.3 is 10.6 Å². The first-order chi connectivity index (χ1) is 6.02. The van der Waals surface area contributed by atoms with Gasteiger partial charge in [-0.05, 0) is 13.3 Å². The molecule has 1 aliphatic heterocycles. The molecule has 13 heavy (non-hydrogen) atoms. The summed E-state index contributed by atoms with van der Waals surface area (Å²) < 4.78 is 23.8. The molecule has 0 radical (unpaired) electrons. The zero-order valence-corrected chi connectivity index (χ0v) is 7.54. The minimum atomic E-state index is -2.50. The Labute approximate surface area is 75.9 Å². The van der Waals surface area contributed by atoms with Gasteiger partial charge in [0.1, 0.15) is 0 Å². The lowest BCUT2D eigenvalue weighted by Gasteiger charge is -2.40. The Morgan fingerprint density at radius 1 is 1.69 bits per heavy atom. The number of hydrogen-bond donors (Lipinski definition) is 1. The van der Waals surface area contributed by atoms with Gasteiger partial charge in [0.25, 0.3) is 0 Å². The van der Waals surface area contributed by atoms with Crippen LogP contribution >= 0.6 is 0 Å². The van der Waals surface area contributed by atoms with Crippen LogP contribution in [-0.2, 0) is 4.79 Å². The highest BCUT2D eigenvalue weighted by atomic mass is 19.3. The lowest BCUT2D eigenvalue weighted by Crippen LogP contribution is -2.55. The number of halogens is 2. The summed E-state index contributed by atoms with van der Waals surface area (Å²) in [6.07, 6.45) is -2.11. The van der Waals surface area contributed by atoms with Crippen LogP contribution in [0.3, 0.4) is 0 Å². The molecule has 0 saturated carbocycles. The van der Waals surface area contributed by atoms with E-state index in [0.717, 1.165) is 6.42 Å². The van der Waals surface area contributed by atoms with Crippen LogP contribution in [0, 0.1) is 0 Å². The molecule has 2 atom stereocenters. The molecule has 1 heterocycles. The largest absolute Gasteiger partial charge is 0.338 e. The molecule has 0 spiro atoms. The molecule has 0 aliphatic carbocycles. The van der Waals surface area contributed by atoms with Crippen molar-refractivity contribution >= 4 is 5.91 Å². The normalized spacial score (nSPS) is 24.4. The van der Waals surface area contributed by atoms with Gasteiger partial charge >= 0.3 is 0 Å². The maximum absolute atomic E-state index is 11.9. The van der Waals surface area contributed by atoms with E-state index >= 15 is 0 Å². The van der Waals surface area contributed by atoms with Gasteiger partial charge in [-0.25, -0.2) is 8.78 Å². The summed E-state index contributed by atoms with van der Waals surface area (Å²) in [5, 5.41) is 0. The van der Waals surface area contributed by atoms with E-state index in [1.54, 1.807) is 4.90 Å². The SMILES string of the molecule is C[C@H]1CCN1C(=O)C(N)CC(F)F. The summed E-state index contributed by atoms with van der Waals surface area (Å²) in [5.41, 5.74) is 5.32. The zero-order valence-electron chi connectivity index (χ0n) is 7.54. The minimum absolute atomic E-state index is 0.163. The third-order valence-electron chi connectivity index (χ3n) is 2.35. The monoisotopic (exact) mass is 192 g/mol. The molecule has 3 nitrogen and oxygen atoms in total. The molecular formula is C8H14F2N2O. The van der Waals surface area contributed by atoms with Gasteiger partial charge in [0.15, 0.2) is 0 Å². The fourth-order valence-electron chi connectivity index (χ4n) is 1.35. The highest BCUT2D eigenvalue weighted by molar-refractivity contribution is 5.82. The number of likely N-dealkylation sites (tertiary alicyclic amines) is 1. The first kappa shape index (κ1) is 10.4. The van der Waals surface area contributed by atoms with Crippen LogP contribution < -0.4 is 5.73 Å². The van der Waals surface area contributed by atoms with Gasteiger partial charge in [-0.15, -0.1) is 0 Å². The standard InChI is InChI=1S/C8H14F2N2O/c1-5-2-3-12(5)8(13)6(11)4-7(9)10/h5-7H,2-4,11H2,1H3/t5-,6?/m0/s1. The van der Waals surface area contributed by atoms with Crippen molar-refractivity contribution in [3.05, 3.63) is 0 Å². The summed E-state index contributed by atoms with van der Waals surface area (Å²) in [6.45, 7) is 2.54. The number of nitrogens with zero attached hydrogens (tertiary/aromatic N) is 1. The average Bonchev–Trinajstić information content (AvgIpc) is 2.00. The summed E-state index contributed by atoms with van der Waals surface area (Å²) in [6, 6.07) is -0.876. The fraction of sp³-hybridized carbons (Fsp3) is 0.875. The van der Waals surface area contributed by atoms with Gasteiger partial charge in [-0.3, -0.25) is 4.79 Å². The molecule has 0 aromatic rings. The van der Waals surface area contributed by atoms with Crippen molar-refractivity contribution in [2.24, 2.45) is 5.73 Å². The lowest BCUT2D eigenvalue weighted by atomic mass is 10.0. The number of amides is 1. The summed E-state index contributed by atoms with van der Waals surface area (Å²) >= 11 is 0. The Morgan fingerprint density at radius 3 is 2.62 bits per heavy atom. The van der Waals surface area contributed by atoms with E-state index in [0.29, 0.717) is 6.54 Å². The van der Waals surface area contributed by atoms with E-state index in [4.69, 9.17) is 5.73 Å². The van der Waals surface area contributed by atoms with Crippen molar-refractivity contribution in [2.45, 2.75) is 38.3 Å². The molecule has 1 unspecified atom stereocenters. The van der Waals surface area contributed by atoms with Crippen molar-refractivity contribution in [2.75, 3.05) is 6.54 Å². The van der Waals surface area contributed by atoms with Crippen molar-refractivity contribution in [3.63, 3.8) is 0 Å². The highest BCUT2D eigenvalue weighted by Crippen LogP contribution is 2.18. The number of rotatable bonds is 3. The van der Waals surface area contributed by atoms with Gasteiger partial charge in [0, 0.05) is 19.0 Å². The molecule has 1 amide bonds. The van der Waals surface area contributed by atoms with Gasteiger partial charge in [-0.1, -0.05) is 0 Å². The van der Waals surface area contributed by atoms with E-state index in [9.17, 15) is 13.6 Å². The maximum atomic E-state index is 11.9. The van der Waals surface area contributed by atoms with Crippen LogP contribution in [0.25, 0.3) is 0 Å². The molecule has 1 rings (SSSR count). The quantitative estimate of drug-likeness (QED) is 0.711. The summed E-state index contributed by atoms with van der Waals surface area (Å²) in [4.78, 5) is 12.9. The van der Waals surface area contributed by atoms with Crippen LogP contribution in [0.2, 0.25) is 0 Å². The molecular weight excluding hydrogens is 178 g/mol. The van der Waals surface area contributed by atoms with Crippen LogP contribution in [0.1, 0.15) is 19.8 Å². The maximum Gasteiger partial charge on any atom is 0.240 e. The van der Waals surface area contributed by atoms with Crippen LogP contribution in [0.15, 0.2) is 0 Å². The molecule has 5 heteroatoms. The molecule has 0 aromatic carbocycles. The van der Waals surface area contributed by atoms with Crippen molar-refractivity contribution in [3.8, 4) is 0 Å². The van der Waals surface area contributed by atoms with E-state index < -0.39 is 18.9 Å². The Kier molecular flexibility index (Phi) is 3.19. The molecule has 0 bridgehead atoms. The first-order valence-electron chi connectivity index (χ1n) is 4.36. The van der Waals surface area contributed by atoms with Crippen molar-refractivity contribution in [1.82, 2.24) is 4.90 Å².